The van der Waals surface area contributed by atoms with Crippen LogP contribution in [0.4, 0.5) is 0 Å². The second-order valence-electron chi connectivity index (χ2n) is 9.93. The molecule has 3 fully saturated rings. The molecule has 20 nitrogen and oxygen atoms in total. The van der Waals surface area contributed by atoms with Gasteiger partial charge in [0.1, 0.15) is 73.1 Å². The van der Waals surface area contributed by atoms with Gasteiger partial charge in [-0.2, -0.15) is 0 Å². The third-order valence-corrected chi connectivity index (χ3v) is 7.07. The number of rotatable bonds is 11. The van der Waals surface area contributed by atoms with E-state index in [1.54, 1.807) is 5.32 Å². The van der Waals surface area contributed by atoms with Crippen molar-refractivity contribution in [3.05, 3.63) is 0 Å². The van der Waals surface area contributed by atoms with Crippen molar-refractivity contribution in [1.82, 2.24) is 5.32 Å². The van der Waals surface area contributed by atoms with Crippen molar-refractivity contribution in [2.75, 3.05) is 19.8 Å². The predicted octanol–water partition coefficient (Wildman–Crippen LogP) is -12.6. The smallest absolute Gasteiger partial charge is 0.544 e. The van der Waals surface area contributed by atoms with Gasteiger partial charge in [0, 0.05) is 20.1 Å². The normalized spacial score (nSPS) is 47.3. The van der Waals surface area contributed by atoms with Gasteiger partial charge in [0.15, 0.2) is 12.6 Å². The molecule has 0 spiro atoms. The molecule has 0 aliphatic carbocycles. The summed E-state index contributed by atoms with van der Waals surface area (Å²) in [7, 11) is 0. The Morgan fingerprint density at radius 1 is 1.00 bits per heavy atom. The standard InChI is InChI=1S/C23H39NO19.Na/c1-6(28)24-11-7(29)2-23(22(37)38,42-18(11)12(31)8(30)3-25)43-19-13(32)9(4-26)40-21(16(19)35)41-17-10(5-27)39-20(36)15(34)14(17)33;/h7-21,25-27,29-36H,2-5H2,1H3,(H,24,28)(H,37,38);/q;+1/p-1/t7-,8+,9+,10+,11?,12+,13-,14+,15+,16+,17+,18+,19-,20+,21-,23-;/m0./s1/i1D3,2D2;. The van der Waals surface area contributed by atoms with Crippen LogP contribution in [-0.2, 0) is 33.3 Å². The van der Waals surface area contributed by atoms with Crippen molar-refractivity contribution in [3.63, 3.8) is 0 Å². The molecule has 3 heterocycles. The Morgan fingerprint density at radius 3 is 2.18 bits per heavy atom. The summed E-state index contributed by atoms with van der Waals surface area (Å²) in [5.74, 6) is -8.65. The van der Waals surface area contributed by atoms with E-state index in [1.807, 2.05) is 0 Å². The van der Waals surface area contributed by atoms with Crippen molar-refractivity contribution >= 4 is 11.9 Å². The number of nitrogens with one attached hydrogen (secondary N) is 1. The number of carboxylic acids is 1. The van der Waals surface area contributed by atoms with Gasteiger partial charge in [-0.3, -0.25) is 4.79 Å². The first-order chi connectivity index (χ1) is 22.1. The second kappa shape index (κ2) is 16.4. The van der Waals surface area contributed by atoms with Crippen LogP contribution in [0.15, 0.2) is 0 Å². The van der Waals surface area contributed by atoms with Crippen molar-refractivity contribution in [3.8, 4) is 0 Å². The molecule has 0 aromatic heterocycles. The van der Waals surface area contributed by atoms with E-state index in [4.69, 9.17) is 30.5 Å². The Balaban J connectivity index is 0.00000833. The van der Waals surface area contributed by atoms with E-state index in [0.29, 0.717) is 0 Å². The largest absolute Gasteiger partial charge is 1.00 e. The summed E-state index contributed by atoms with van der Waals surface area (Å²) in [6, 6.07) is -2.39. The van der Waals surface area contributed by atoms with Crippen molar-refractivity contribution < 1.29 is 131 Å². The van der Waals surface area contributed by atoms with Crippen molar-refractivity contribution in [2.24, 2.45) is 0 Å². The van der Waals surface area contributed by atoms with Crippen molar-refractivity contribution in [2.45, 2.75) is 111 Å². The molecule has 3 aliphatic heterocycles. The van der Waals surface area contributed by atoms with E-state index < -0.39 is 143 Å². The number of aliphatic carboxylic acids is 1. The van der Waals surface area contributed by atoms with Gasteiger partial charge < -0.3 is 95.1 Å². The summed E-state index contributed by atoms with van der Waals surface area (Å²) >= 11 is 0. The van der Waals surface area contributed by atoms with E-state index in [-0.39, 0.29) is 29.6 Å². The Bertz CT molecular complexity index is 1130. The van der Waals surface area contributed by atoms with Crippen LogP contribution in [0.25, 0.3) is 0 Å². The average Bonchev–Trinajstić information content (AvgIpc) is 3.02. The van der Waals surface area contributed by atoms with Crippen LogP contribution in [0.5, 0.6) is 0 Å². The summed E-state index contributed by atoms with van der Waals surface area (Å²) in [4.78, 5) is 24.9. The molecule has 0 radical (unpaired) electrons. The van der Waals surface area contributed by atoms with Gasteiger partial charge in [0.25, 0.3) is 0 Å². The van der Waals surface area contributed by atoms with E-state index in [1.165, 1.54) is 0 Å². The summed E-state index contributed by atoms with van der Waals surface area (Å²) < 4.78 is 64.7. The molecule has 3 rings (SSSR count). The molecule has 0 bridgehead atoms. The zero-order valence-electron chi connectivity index (χ0n) is 28.0. The zero-order chi connectivity index (χ0) is 36.7. The van der Waals surface area contributed by atoms with E-state index in [0.717, 1.165) is 0 Å². The van der Waals surface area contributed by atoms with Crippen LogP contribution in [0.3, 0.4) is 0 Å². The SMILES string of the molecule is [2H]C([2H])([2H])C(=O)NC1[C@H]([C@H](O)[C@H](O)CO)O[C@@](O[C@H]2[C@@H](O)[C@@H](CO)O[C@@H](O[C@H]3[C@H](O)[C@@H](O)[C@H](O)O[C@@H]3CO)[C@@H]2O)(C(=O)[O-])C([2H])([2H])[C@@H]1O.[Na+]. The molecule has 21 heteroatoms. The van der Waals surface area contributed by atoms with Crippen LogP contribution in [0, 0.1) is 0 Å². The molecule has 0 saturated carbocycles. The number of ether oxygens (including phenoxy) is 5. The molecule has 3 saturated heterocycles. The van der Waals surface area contributed by atoms with Gasteiger partial charge in [-0.25, -0.2) is 0 Å². The number of carboxylic acid groups (broad SMARTS) is 1. The minimum absolute atomic E-state index is 0. The fourth-order valence-electron chi connectivity index (χ4n) is 4.79. The van der Waals surface area contributed by atoms with Gasteiger partial charge in [-0.1, -0.05) is 0 Å². The topological polar surface area (TPSA) is 338 Å². The maximum Gasteiger partial charge on any atom is 1.00 e. The van der Waals surface area contributed by atoms with Crippen LogP contribution in [0.1, 0.15) is 20.1 Å². The number of amides is 1. The van der Waals surface area contributed by atoms with E-state index >= 15 is 0 Å². The number of hydrogen-bond acceptors (Lipinski definition) is 19. The average molecular weight is 661 g/mol. The molecule has 250 valence electrons. The molecule has 44 heavy (non-hydrogen) atoms. The van der Waals surface area contributed by atoms with Crippen LogP contribution in [-0.4, -0.2) is 186 Å². The number of carbonyl (C=O) groups is 2. The summed E-state index contributed by atoms with van der Waals surface area (Å²) in [6.07, 6.45) is -35.2. The fraction of sp³-hybridized carbons (Fsp3) is 0.913. The maximum absolute atomic E-state index is 12.7. The molecular formula is C23H38NNaO19. The minimum atomic E-state index is -4.07. The van der Waals surface area contributed by atoms with Crippen LogP contribution >= 0.6 is 0 Å². The monoisotopic (exact) mass is 660 g/mol. The fourth-order valence-corrected chi connectivity index (χ4v) is 4.79. The predicted molar refractivity (Wildman–Crippen MR) is 127 cm³/mol. The Hall–Kier alpha value is -0.700. The first kappa shape index (κ1) is 31.9. The Labute approximate surface area is 278 Å². The molecule has 12 N–H and O–H groups in total. The zero-order valence-corrected chi connectivity index (χ0v) is 25.0. The summed E-state index contributed by atoms with van der Waals surface area (Å²) in [6.45, 7) is -6.86. The number of aliphatic hydroxyl groups is 11. The quantitative estimate of drug-likeness (QED) is 0.0915. The molecule has 3 aliphatic rings. The molecule has 0 aromatic rings. The first-order valence-corrected chi connectivity index (χ1v) is 12.7. The third kappa shape index (κ3) is 8.23. The van der Waals surface area contributed by atoms with Crippen molar-refractivity contribution in [1.29, 1.82) is 0 Å². The molecule has 1 unspecified atom stereocenters. The second-order valence-corrected chi connectivity index (χ2v) is 9.93. The minimum Gasteiger partial charge on any atom is -0.544 e. The van der Waals surface area contributed by atoms with Gasteiger partial charge in [0.2, 0.25) is 11.7 Å². The number of hydrogen-bond donors (Lipinski definition) is 12. The van der Waals surface area contributed by atoms with Gasteiger partial charge in [0.05, 0.1) is 32.0 Å². The van der Waals surface area contributed by atoms with Gasteiger partial charge in [-0.15, -0.1) is 0 Å². The van der Waals surface area contributed by atoms with Crippen LogP contribution in [0.2, 0.25) is 0 Å². The third-order valence-electron chi connectivity index (χ3n) is 7.07. The molecular weight excluding hydrogens is 617 g/mol. The Morgan fingerprint density at radius 2 is 1.64 bits per heavy atom. The van der Waals surface area contributed by atoms with Crippen LogP contribution < -0.4 is 40.0 Å². The molecule has 16 atom stereocenters. The summed E-state index contributed by atoms with van der Waals surface area (Å²) in [5.41, 5.74) is 0. The van der Waals surface area contributed by atoms with Gasteiger partial charge >= 0.3 is 29.6 Å². The van der Waals surface area contributed by atoms with E-state index in [9.17, 15) is 70.9 Å². The maximum atomic E-state index is 12.7. The number of carbonyl (C=O) groups excluding carboxylic acids is 2. The molecule has 0 aromatic carbocycles. The first-order valence-electron chi connectivity index (χ1n) is 15.2. The molecule has 1 amide bonds. The van der Waals surface area contributed by atoms with Gasteiger partial charge in [-0.05, 0) is 0 Å². The summed E-state index contributed by atoms with van der Waals surface area (Å²) in [5, 5.41) is 127. The Kier molecular flexibility index (Phi) is 11.9. The van der Waals surface area contributed by atoms with E-state index in [2.05, 4.69) is 0 Å². The number of aliphatic hydroxyl groups excluding tert-OH is 11.